The Hall–Kier alpha value is -4.50. The van der Waals surface area contributed by atoms with Gasteiger partial charge < -0.3 is 24.4 Å². The Bertz CT molecular complexity index is 1460. The molecule has 1 aliphatic carbocycles. The number of carbonyl (C=O) groups excluding carboxylic acids is 2. The molecule has 0 bridgehead atoms. The van der Waals surface area contributed by atoms with Gasteiger partial charge in [0.25, 0.3) is 0 Å². The molecule has 2 heterocycles. The van der Waals surface area contributed by atoms with Gasteiger partial charge >= 0.3 is 0 Å². The first-order valence-electron chi connectivity index (χ1n) is 13.4. The van der Waals surface area contributed by atoms with Crippen LogP contribution in [-0.4, -0.2) is 66.4 Å². The van der Waals surface area contributed by atoms with Crippen LogP contribution in [0.5, 0.6) is 11.5 Å². The molecule has 2 aliphatic rings. The number of anilines is 1. The first-order chi connectivity index (χ1) is 19.6. The molecule has 1 N–H and O–H groups in total. The van der Waals surface area contributed by atoms with Crippen LogP contribution in [0, 0.1) is 0 Å². The largest absolute Gasteiger partial charge is 0.493 e. The Morgan fingerprint density at radius 2 is 1.80 bits per heavy atom. The average Bonchev–Trinajstić information content (AvgIpc) is 3.50. The standard InChI is InChI=1S/C31H32N4O5/c1-38-29-17-23-24(19-30(29)40-16-8-14-35-12-5-6-13-35)32-21-33-31(23)34-25-18-27(37)28(20-26(25)36)39-15-7-11-22-9-3-2-4-10-22/h2-4,7,9-11,17-21H,5-6,8,12-16H2,1H3,(H,32,33,34)/b11-7+. The Morgan fingerprint density at radius 1 is 0.975 bits per heavy atom. The van der Waals surface area contributed by atoms with Crippen molar-refractivity contribution < 1.29 is 23.8 Å². The zero-order valence-electron chi connectivity index (χ0n) is 22.5. The van der Waals surface area contributed by atoms with Crippen molar-refractivity contribution in [2.24, 2.45) is 0 Å². The van der Waals surface area contributed by atoms with Gasteiger partial charge in [-0.15, -0.1) is 0 Å². The lowest BCUT2D eigenvalue weighted by Gasteiger charge is -2.17. The number of nitrogens with one attached hydrogen (secondary N) is 1. The van der Waals surface area contributed by atoms with E-state index in [0.717, 1.165) is 31.6 Å². The minimum Gasteiger partial charge on any atom is -0.493 e. The number of ketones is 2. The third kappa shape index (κ3) is 6.73. The van der Waals surface area contributed by atoms with E-state index in [-0.39, 0.29) is 18.1 Å². The lowest BCUT2D eigenvalue weighted by atomic mass is 10.1. The van der Waals surface area contributed by atoms with E-state index in [0.29, 0.717) is 34.8 Å². The fourth-order valence-corrected chi connectivity index (χ4v) is 4.68. The number of fused-ring (bicyclic) bond motifs is 1. The van der Waals surface area contributed by atoms with Gasteiger partial charge in [-0.3, -0.25) is 9.59 Å². The van der Waals surface area contributed by atoms with Crippen LogP contribution in [0.25, 0.3) is 17.0 Å². The molecule has 1 aliphatic heterocycles. The van der Waals surface area contributed by atoms with Gasteiger partial charge in [0, 0.05) is 30.1 Å². The van der Waals surface area contributed by atoms with Gasteiger partial charge in [-0.25, -0.2) is 9.97 Å². The second-order valence-corrected chi connectivity index (χ2v) is 9.54. The minimum absolute atomic E-state index is 0.00556. The number of carbonyl (C=O) groups is 2. The summed E-state index contributed by atoms with van der Waals surface area (Å²) in [6, 6.07) is 13.3. The number of aromatic nitrogens is 2. The topological polar surface area (TPSA) is 103 Å². The maximum atomic E-state index is 12.8. The molecule has 0 amide bonds. The normalized spacial score (nSPS) is 15.8. The molecule has 9 heteroatoms. The quantitative estimate of drug-likeness (QED) is 0.261. The second kappa shape index (κ2) is 13.0. The number of hydrogen-bond donors (Lipinski definition) is 1. The predicted molar refractivity (Wildman–Crippen MR) is 153 cm³/mol. The maximum Gasteiger partial charge on any atom is 0.222 e. The first kappa shape index (κ1) is 27.1. The average molecular weight is 541 g/mol. The van der Waals surface area contributed by atoms with Gasteiger partial charge in [-0.1, -0.05) is 36.4 Å². The fourth-order valence-electron chi connectivity index (χ4n) is 4.68. The summed E-state index contributed by atoms with van der Waals surface area (Å²) in [6.45, 7) is 4.06. The van der Waals surface area contributed by atoms with Crippen molar-refractivity contribution in [3.8, 4) is 11.5 Å². The number of rotatable bonds is 12. The molecule has 1 fully saturated rings. The number of allylic oxidation sites excluding steroid dienone is 2. The summed E-state index contributed by atoms with van der Waals surface area (Å²) in [7, 11) is 1.57. The summed E-state index contributed by atoms with van der Waals surface area (Å²) in [5.74, 6) is 0.698. The molecule has 0 radical (unpaired) electrons. The van der Waals surface area contributed by atoms with E-state index in [1.54, 1.807) is 25.3 Å². The Kier molecular flexibility index (Phi) is 8.83. The monoisotopic (exact) mass is 540 g/mol. The lowest BCUT2D eigenvalue weighted by molar-refractivity contribution is -0.117. The van der Waals surface area contributed by atoms with Crippen molar-refractivity contribution in [1.29, 1.82) is 0 Å². The van der Waals surface area contributed by atoms with Gasteiger partial charge in [-0.05, 0) is 50.1 Å². The van der Waals surface area contributed by atoms with Gasteiger partial charge in [0.1, 0.15) is 18.8 Å². The van der Waals surface area contributed by atoms with Crippen molar-refractivity contribution in [2.45, 2.75) is 19.3 Å². The van der Waals surface area contributed by atoms with Gasteiger partial charge in [0.2, 0.25) is 11.6 Å². The van der Waals surface area contributed by atoms with Gasteiger partial charge in [0.05, 0.1) is 24.9 Å². The van der Waals surface area contributed by atoms with Gasteiger partial charge in [0.15, 0.2) is 17.3 Å². The van der Waals surface area contributed by atoms with Crippen molar-refractivity contribution in [3.05, 3.63) is 84.0 Å². The number of ether oxygens (including phenoxy) is 3. The molecule has 0 atom stereocenters. The van der Waals surface area contributed by atoms with Crippen molar-refractivity contribution in [3.63, 3.8) is 0 Å². The molecule has 206 valence electrons. The molecule has 0 unspecified atom stereocenters. The van der Waals surface area contributed by atoms with Crippen molar-refractivity contribution >= 4 is 34.4 Å². The highest BCUT2D eigenvalue weighted by molar-refractivity contribution is 6.20. The van der Waals surface area contributed by atoms with E-state index in [1.807, 2.05) is 36.4 Å². The summed E-state index contributed by atoms with van der Waals surface area (Å²) < 4.78 is 17.1. The maximum absolute atomic E-state index is 12.8. The first-order valence-corrected chi connectivity index (χ1v) is 13.4. The number of benzene rings is 2. The Balaban J connectivity index is 1.23. The third-order valence-electron chi connectivity index (χ3n) is 6.74. The van der Waals surface area contributed by atoms with E-state index in [9.17, 15) is 9.59 Å². The number of nitrogens with zero attached hydrogens (tertiary/aromatic N) is 3. The van der Waals surface area contributed by atoms with E-state index in [2.05, 4.69) is 20.2 Å². The van der Waals surface area contributed by atoms with Crippen LogP contribution in [0.1, 0.15) is 24.8 Å². The van der Waals surface area contributed by atoms with Crippen molar-refractivity contribution in [2.75, 3.05) is 45.3 Å². The summed E-state index contributed by atoms with van der Waals surface area (Å²) in [4.78, 5) is 36.6. The molecular weight excluding hydrogens is 508 g/mol. The zero-order chi connectivity index (χ0) is 27.7. The van der Waals surface area contributed by atoms with Crippen LogP contribution < -0.4 is 14.8 Å². The molecular formula is C31H32N4O5. The van der Waals surface area contributed by atoms with Crippen LogP contribution in [-0.2, 0) is 14.3 Å². The summed E-state index contributed by atoms with van der Waals surface area (Å²) in [6.07, 6.45) is 10.9. The van der Waals surface area contributed by atoms with E-state index in [4.69, 9.17) is 14.2 Å². The van der Waals surface area contributed by atoms with Crippen LogP contribution in [0.2, 0.25) is 0 Å². The molecule has 0 spiro atoms. The highest BCUT2D eigenvalue weighted by Gasteiger charge is 2.23. The zero-order valence-corrected chi connectivity index (χ0v) is 22.5. The second-order valence-electron chi connectivity index (χ2n) is 9.54. The molecule has 40 heavy (non-hydrogen) atoms. The third-order valence-corrected chi connectivity index (χ3v) is 6.74. The predicted octanol–water partition coefficient (Wildman–Crippen LogP) is 4.56. The van der Waals surface area contributed by atoms with E-state index < -0.39 is 11.6 Å². The van der Waals surface area contributed by atoms with E-state index >= 15 is 0 Å². The summed E-state index contributed by atoms with van der Waals surface area (Å²) >= 11 is 0. The molecule has 1 saturated heterocycles. The molecule has 0 saturated carbocycles. The van der Waals surface area contributed by atoms with Crippen LogP contribution >= 0.6 is 0 Å². The summed E-state index contributed by atoms with van der Waals surface area (Å²) in [5, 5.41) is 3.62. The van der Waals surface area contributed by atoms with Gasteiger partial charge in [-0.2, -0.15) is 0 Å². The molecule has 2 aromatic carbocycles. The molecule has 1 aromatic heterocycles. The highest BCUT2D eigenvalue weighted by atomic mass is 16.5. The number of hydrogen-bond acceptors (Lipinski definition) is 9. The molecule has 9 nitrogen and oxygen atoms in total. The van der Waals surface area contributed by atoms with Crippen LogP contribution in [0.3, 0.4) is 0 Å². The lowest BCUT2D eigenvalue weighted by Crippen LogP contribution is -2.22. The Morgan fingerprint density at radius 3 is 2.60 bits per heavy atom. The highest BCUT2D eigenvalue weighted by Crippen LogP contribution is 2.34. The molecule has 5 rings (SSSR count). The smallest absolute Gasteiger partial charge is 0.222 e. The number of methoxy groups -OCH3 is 1. The van der Waals surface area contributed by atoms with E-state index in [1.165, 1.54) is 31.3 Å². The van der Waals surface area contributed by atoms with Crippen LogP contribution in [0.15, 0.2) is 78.5 Å². The Labute approximate surface area is 233 Å². The number of likely N-dealkylation sites (tertiary alicyclic amines) is 1. The van der Waals surface area contributed by atoms with Crippen molar-refractivity contribution in [1.82, 2.24) is 14.9 Å². The fraction of sp³-hybridized carbons (Fsp3) is 0.290. The minimum atomic E-state index is -0.407. The SMILES string of the molecule is COc1cc2c(NC3=CC(=O)C(OC/C=C/c4ccccc4)=CC3=O)ncnc2cc1OCCCN1CCCC1. The molecule has 3 aromatic rings. The summed E-state index contributed by atoms with van der Waals surface area (Å²) in [5.41, 5.74) is 1.73. The van der Waals surface area contributed by atoms with Crippen LogP contribution in [0.4, 0.5) is 5.82 Å².